The summed E-state index contributed by atoms with van der Waals surface area (Å²) in [6, 6.07) is 8.18. The molecule has 1 aliphatic rings. The van der Waals surface area contributed by atoms with Crippen molar-refractivity contribution in [2.24, 2.45) is 5.41 Å². The van der Waals surface area contributed by atoms with Crippen molar-refractivity contribution < 1.29 is 8.42 Å². The van der Waals surface area contributed by atoms with Gasteiger partial charge in [-0.25, -0.2) is 18.1 Å². The molecule has 0 amide bonds. The van der Waals surface area contributed by atoms with E-state index < -0.39 is 10.0 Å². The van der Waals surface area contributed by atoms with Gasteiger partial charge in [0.2, 0.25) is 0 Å². The average Bonchev–Trinajstić information content (AvgIpc) is 3.00. The van der Waals surface area contributed by atoms with E-state index in [0.29, 0.717) is 6.54 Å². The Kier molecular flexibility index (Phi) is 3.90. The average molecular weight is 370 g/mol. The minimum absolute atomic E-state index is 0.0565. The lowest BCUT2D eigenvalue weighted by Gasteiger charge is -2.16. The minimum Gasteiger partial charge on any atom is -0.335 e. The summed E-state index contributed by atoms with van der Waals surface area (Å²) in [5, 5.41) is 0.113. The van der Waals surface area contributed by atoms with Crippen LogP contribution in [-0.4, -0.2) is 24.9 Å². The Hall–Kier alpha value is -1.18. The number of H-pyrrole nitrogens is 1. The smallest absolute Gasteiger partial charge is 0.257 e. The first kappa shape index (κ1) is 14.7. The topological polar surface area (TPSA) is 74.8 Å². The summed E-state index contributed by atoms with van der Waals surface area (Å²) >= 11 is 3.42. The van der Waals surface area contributed by atoms with Crippen molar-refractivity contribution in [3.63, 3.8) is 0 Å². The van der Waals surface area contributed by atoms with Gasteiger partial charge in [-0.1, -0.05) is 28.1 Å². The maximum atomic E-state index is 12.1. The predicted octanol–water partition coefficient (Wildman–Crippen LogP) is 2.47. The Bertz CT molecular complexity index is 707. The fourth-order valence-corrected chi connectivity index (χ4v) is 3.67. The van der Waals surface area contributed by atoms with Crippen molar-refractivity contribution in [2.75, 3.05) is 6.54 Å². The summed E-state index contributed by atoms with van der Waals surface area (Å²) in [5.74, 6) is 0. The summed E-state index contributed by atoms with van der Waals surface area (Å²) in [5.41, 5.74) is 1.29. The zero-order valence-corrected chi connectivity index (χ0v) is 13.7. The van der Waals surface area contributed by atoms with Crippen LogP contribution in [0.2, 0.25) is 0 Å². The lowest BCUT2D eigenvalue weighted by atomic mass is 9.97. The number of halogens is 1. The van der Waals surface area contributed by atoms with Crippen LogP contribution < -0.4 is 4.72 Å². The number of imidazole rings is 1. The Labute approximate surface area is 132 Å². The van der Waals surface area contributed by atoms with Crippen LogP contribution in [0, 0.1) is 5.41 Å². The number of benzene rings is 1. The molecule has 7 heteroatoms. The fourth-order valence-electron chi connectivity index (χ4n) is 2.34. The van der Waals surface area contributed by atoms with Gasteiger partial charge in [-0.3, -0.25) is 0 Å². The highest BCUT2D eigenvalue weighted by Gasteiger charge is 2.43. The molecule has 1 aliphatic carbocycles. The molecule has 0 radical (unpaired) electrons. The maximum Gasteiger partial charge on any atom is 0.257 e. The Morgan fingerprint density at radius 3 is 2.57 bits per heavy atom. The molecule has 3 rings (SSSR count). The van der Waals surface area contributed by atoms with Crippen LogP contribution in [0.3, 0.4) is 0 Å². The Balaban J connectivity index is 1.64. The highest BCUT2D eigenvalue weighted by atomic mass is 79.9. The maximum absolute atomic E-state index is 12.1. The molecule has 1 saturated carbocycles. The molecule has 112 valence electrons. The Morgan fingerprint density at radius 1 is 1.29 bits per heavy atom. The summed E-state index contributed by atoms with van der Waals surface area (Å²) in [4.78, 5) is 6.37. The van der Waals surface area contributed by atoms with Crippen LogP contribution in [0.5, 0.6) is 0 Å². The molecule has 1 aromatic heterocycles. The molecule has 1 fully saturated rings. The lowest BCUT2D eigenvalue weighted by molar-refractivity contribution is 0.487. The van der Waals surface area contributed by atoms with Gasteiger partial charge in [-0.05, 0) is 42.4 Å². The zero-order chi connectivity index (χ0) is 14.9. The van der Waals surface area contributed by atoms with E-state index in [1.165, 1.54) is 18.1 Å². The van der Waals surface area contributed by atoms with Crippen molar-refractivity contribution in [3.8, 4) is 0 Å². The number of rotatable bonds is 6. The number of hydrogen-bond donors (Lipinski definition) is 2. The zero-order valence-electron chi connectivity index (χ0n) is 11.3. The molecule has 0 unspecified atom stereocenters. The monoisotopic (exact) mass is 369 g/mol. The molecule has 21 heavy (non-hydrogen) atoms. The van der Waals surface area contributed by atoms with Gasteiger partial charge in [-0.15, -0.1) is 0 Å². The highest BCUT2D eigenvalue weighted by molar-refractivity contribution is 9.10. The van der Waals surface area contributed by atoms with Gasteiger partial charge in [0.05, 0.1) is 12.5 Å². The van der Waals surface area contributed by atoms with E-state index in [1.807, 2.05) is 12.1 Å². The molecule has 0 bridgehead atoms. The van der Waals surface area contributed by atoms with E-state index in [-0.39, 0.29) is 10.4 Å². The molecule has 1 aromatic carbocycles. The van der Waals surface area contributed by atoms with Crippen LogP contribution in [-0.2, 0) is 16.4 Å². The van der Waals surface area contributed by atoms with Crippen molar-refractivity contribution >= 4 is 26.0 Å². The molecule has 0 aliphatic heterocycles. The van der Waals surface area contributed by atoms with E-state index in [0.717, 1.165) is 23.7 Å². The van der Waals surface area contributed by atoms with Gasteiger partial charge in [0, 0.05) is 11.0 Å². The largest absolute Gasteiger partial charge is 0.335 e. The number of aromatic amines is 1. The number of aromatic nitrogens is 2. The summed E-state index contributed by atoms with van der Waals surface area (Å²) in [6.45, 7) is 0.463. The first-order valence-electron chi connectivity index (χ1n) is 6.72. The molecule has 0 saturated heterocycles. The van der Waals surface area contributed by atoms with Gasteiger partial charge in [0.25, 0.3) is 10.0 Å². The van der Waals surface area contributed by atoms with Gasteiger partial charge < -0.3 is 4.98 Å². The molecule has 5 nitrogen and oxygen atoms in total. The van der Waals surface area contributed by atoms with Crippen LogP contribution >= 0.6 is 15.9 Å². The van der Waals surface area contributed by atoms with Gasteiger partial charge in [0.15, 0.2) is 5.03 Å². The third-order valence-electron chi connectivity index (χ3n) is 3.85. The molecule has 2 aromatic rings. The predicted molar refractivity (Wildman–Crippen MR) is 83.3 cm³/mol. The summed E-state index contributed by atoms with van der Waals surface area (Å²) in [7, 11) is -3.48. The normalized spacial score (nSPS) is 16.8. The Morgan fingerprint density at radius 2 is 2.00 bits per heavy atom. The fraction of sp³-hybridized carbons (Fsp3) is 0.357. The van der Waals surface area contributed by atoms with E-state index >= 15 is 0 Å². The van der Waals surface area contributed by atoms with Crippen molar-refractivity contribution in [1.82, 2.24) is 14.7 Å². The first-order valence-corrected chi connectivity index (χ1v) is 8.99. The number of nitrogens with one attached hydrogen (secondary N) is 2. The molecular weight excluding hydrogens is 354 g/mol. The molecule has 0 spiro atoms. The molecule has 2 N–H and O–H groups in total. The number of sulfonamides is 1. The molecule has 0 atom stereocenters. The quantitative estimate of drug-likeness (QED) is 0.820. The van der Waals surface area contributed by atoms with Gasteiger partial charge >= 0.3 is 0 Å². The number of nitrogens with zero attached hydrogens (tertiary/aromatic N) is 1. The van der Waals surface area contributed by atoms with Crippen LogP contribution in [0.4, 0.5) is 0 Å². The van der Waals surface area contributed by atoms with Crippen molar-refractivity contribution in [3.05, 3.63) is 46.8 Å². The van der Waals surface area contributed by atoms with Crippen molar-refractivity contribution in [1.29, 1.82) is 0 Å². The van der Waals surface area contributed by atoms with E-state index in [2.05, 4.69) is 42.8 Å². The second kappa shape index (κ2) is 5.55. The van der Waals surface area contributed by atoms with Crippen LogP contribution in [0.15, 0.2) is 46.3 Å². The SMILES string of the molecule is O=S(=O)(NCC1(Cc2ccc(Br)cc2)CC1)c1cnc[nH]1. The number of hydrogen-bond acceptors (Lipinski definition) is 3. The van der Waals surface area contributed by atoms with Gasteiger partial charge in [-0.2, -0.15) is 0 Å². The van der Waals surface area contributed by atoms with Crippen LogP contribution in [0.25, 0.3) is 0 Å². The van der Waals surface area contributed by atoms with Gasteiger partial charge in [0.1, 0.15) is 0 Å². The minimum atomic E-state index is -3.48. The van der Waals surface area contributed by atoms with E-state index in [9.17, 15) is 8.42 Å². The third-order valence-corrected chi connectivity index (χ3v) is 5.70. The first-order chi connectivity index (χ1) is 9.99. The second-order valence-electron chi connectivity index (χ2n) is 5.54. The van der Waals surface area contributed by atoms with E-state index in [1.54, 1.807) is 0 Å². The third kappa shape index (κ3) is 3.53. The summed E-state index contributed by atoms with van der Waals surface area (Å²) in [6.07, 6.45) is 5.68. The standard InChI is InChI=1S/C14H16BrN3O2S/c15-12-3-1-11(2-4-12)7-14(5-6-14)9-18-21(19,20)13-8-16-10-17-13/h1-4,8,10,18H,5-7,9H2,(H,16,17). The second-order valence-corrected chi connectivity index (χ2v) is 8.19. The molecular formula is C14H16BrN3O2S. The lowest BCUT2D eigenvalue weighted by Crippen LogP contribution is -2.31. The molecule has 1 heterocycles. The van der Waals surface area contributed by atoms with Crippen LogP contribution in [0.1, 0.15) is 18.4 Å². The summed E-state index contributed by atoms with van der Waals surface area (Å²) < 4.78 is 27.9. The van der Waals surface area contributed by atoms with E-state index in [4.69, 9.17) is 0 Å². The highest BCUT2D eigenvalue weighted by Crippen LogP contribution is 2.48. The van der Waals surface area contributed by atoms with Crippen molar-refractivity contribution in [2.45, 2.75) is 24.3 Å².